The maximum Gasteiger partial charge on any atom is 0.333 e. The van der Waals surface area contributed by atoms with Crippen LogP contribution in [0.1, 0.15) is 5.56 Å². The predicted molar refractivity (Wildman–Crippen MR) is 50.3 cm³/mol. The number of nitrogens with two attached hydrogens (primary N) is 2. The lowest BCUT2D eigenvalue weighted by Crippen LogP contribution is -2.18. The Labute approximate surface area is 80.4 Å². The van der Waals surface area contributed by atoms with Crippen molar-refractivity contribution in [3.8, 4) is 0 Å². The standard InChI is InChI=1S/C8H10N4O2/c9-7(8(10)12(13)14)4-6-2-1-3-11-5-6/h1-3,5H,4,9-10H2. The van der Waals surface area contributed by atoms with E-state index in [1.54, 1.807) is 24.5 Å². The molecule has 0 saturated heterocycles. The zero-order chi connectivity index (χ0) is 10.6. The minimum atomic E-state index is -0.703. The van der Waals surface area contributed by atoms with Gasteiger partial charge in [-0.05, 0) is 16.6 Å². The third kappa shape index (κ3) is 2.44. The highest BCUT2D eigenvalue weighted by Gasteiger charge is 2.08. The molecular formula is C8H10N4O2. The Bertz CT molecular complexity index is 361. The quantitative estimate of drug-likeness (QED) is 0.519. The van der Waals surface area contributed by atoms with Gasteiger partial charge in [0.15, 0.2) is 0 Å². The summed E-state index contributed by atoms with van der Waals surface area (Å²) in [6.45, 7) is 0. The molecule has 0 aliphatic rings. The molecule has 1 heterocycles. The number of hydrogen-bond donors (Lipinski definition) is 2. The molecule has 0 bridgehead atoms. The molecule has 1 aromatic heterocycles. The third-order valence-corrected chi connectivity index (χ3v) is 1.64. The van der Waals surface area contributed by atoms with Gasteiger partial charge in [0.1, 0.15) is 5.70 Å². The normalized spacial score (nSPS) is 12.0. The SMILES string of the molecule is NC(Cc1cccnc1)=C(N)[N+](=O)[O-]. The number of pyridine rings is 1. The summed E-state index contributed by atoms with van der Waals surface area (Å²) in [5.74, 6) is -0.506. The molecule has 74 valence electrons. The molecule has 4 N–H and O–H groups in total. The summed E-state index contributed by atoms with van der Waals surface area (Å²) < 4.78 is 0. The van der Waals surface area contributed by atoms with Gasteiger partial charge in [0.25, 0.3) is 0 Å². The molecule has 0 amide bonds. The second-order valence-corrected chi connectivity index (χ2v) is 2.71. The second kappa shape index (κ2) is 4.22. The monoisotopic (exact) mass is 194 g/mol. The Morgan fingerprint density at radius 1 is 1.57 bits per heavy atom. The van der Waals surface area contributed by atoms with Crippen molar-refractivity contribution < 1.29 is 4.92 Å². The first-order chi connectivity index (χ1) is 6.61. The molecule has 6 nitrogen and oxygen atoms in total. The molecule has 0 aliphatic carbocycles. The van der Waals surface area contributed by atoms with Gasteiger partial charge in [-0.2, -0.15) is 0 Å². The van der Waals surface area contributed by atoms with E-state index in [4.69, 9.17) is 11.5 Å². The second-order valence-electron chi connectivity index (χ2n) is 2.71. The third-order valence-electron chi connectivity index (χ3n) is 1.64. The first-order valence-electron chi connectivity index (χ1n) is 3.88. The van der Waals surface area contributed by atoms with Gasteiger partial charge in [-0.25, -0.2) is 0 Å². The predicted octanol–water partition coefficient (Wildman–Crippen LogP) is -0.0127. The average molecular weight is 194 g/mol. The summed E-state index contributed by atoms with van der Waals surface area (Å²) in [5, 5.41) is 10.3. The summed E-state index contributed by atoms with van der Waals surface area (Å²) in [6, 6.07) is 3.50. The minimum absolute atomic E-state index is 0.0444. The molecule has 14 heavy (non-hydrogen) atoms. The lowest BCUT2D eigenvalue weighted by atomic mass is 10.2. The topological polar surface area (TPSA) is 108 Å². The van der Waals surface area contributed by atoms with Crippen LogP contribution in [0.5, 0.6) is 0 Å². The van der Waals surface area contributed by atoms with Crippen molar-refractivity contribution in [3.05, 3.63) is 51.7 Å². The number of nitro groups is 1. The highest BCUT2D eigenvalue weighted by molar-refractivity contribution is 5.17. The average Bonchev–Trinajstić information content (AvgIpc) is 2.18. The van der Waals surface area contributed by atoms with Crippen LogP contribution in [0, 0.1) is 10.1 Å². The van der Waals surface area contributed by atoms with Gasteiger partial charge in [0.05, 0.1) is 0 Å². The van der Waals surface area contributed by atoms with Crippen LogP contribution in [0.3, 0.4) is 0 Å². The fraction of sp³-hybridized carbons (Fsp3) is 0.125. The molecule has 0 atom stereocenters. The lowest BCUT2D eigenvalue weighted by Gasteiger charge is -2.01. The molecule has 0 unspecified atom stereocenters. The van der Waals surface area contributed by atoms with Crippen LogP contribution in [0.25, 0.3) is 0 Å². The molecule has 0 fully saturated rings. The van der Waals surface area contributed by atoms with Crippen molar-refractivity contribution in [2.24, 2.45) is 11.5 Å². The van der Waals surface area contributed by atoms with Gasteiger partial charge in [-0.15, -0.1) is 0 Å². The van der Waals surface area contributed by atoms with E-state index < -0.39 is 10.7 Å². The van der Waals surface area contributed by atoms with Gasteiger partial charge in [-0.3, -0.25) is 10.7 Å². The number of allylic oxidation sites excluding steroid dienone is 1. The van der Waals surface area contributed by atoms with E-state index in [1.165, 1.54) is 0 Å². The Morgan fingerprint density at radius 3 is 2.79 bits per heavy atom. The van der Waals surface area contributed by atoms with Gasteiger partial charge in [0.2, 0.25) is 0 Å². The zero-order valence-electron chi connectivity index (χ0n) is 7.38. The largest absolute Gasteiger partial charge is 0.395 e. The number of rotatable bonds is 3. The van der Waals surface area contributed by atoms with E-state index in [2.05, 4.69) is 4.98 Å². The summed E-state index contributed by atoms with van der Waals surface area (Å²) in [5.41, 5.74) is 11.4. The highest BCUT2D eigenvalue weighted by atomic mass is 16.6. The fourth-order valence-electron chi connectivity index (χ4n) is 0.930. The number of nitrogens with zero attached hydrogens (tertiary/aromatic N) is 2. The van der Waals surface area contributed by atoms with Crippen molar-refractivity contribution in [2.75, 3.05) is 0 Å². The Hall–Kier alpha value is -2.11. The van der Waals surface area contributed by atoms with Crippen molar-refractivity contribution in [2.45, 2.75) is 6.42 Å². The van der Waals surface area contributed by atoms with Crippen LogP contribution < -0.4 is 11.5 Å². The van der Waals surface area contributed by atoms with Crippen LogP contribution in [-0.2, 0) is 6.42 Å². The maximum atomic E-state index is 10.3. The lowest BCUT2D eigenvalue weighted by molar-refractivity contribution is -0.427. The number of hydrogen-bond acceptors (Lipinski definition) is 5. The summed E-state index contributed by atoms with van der Waals surface area (Å²) in [7, 11) is 0. The molecular weight excluding hydrogens is 184 g/mol. The smallest absolute Gasteiger partial charge is 0.333 e. The van der Waals surface area contributed by atoms with E-state index >= 15 is 0 Å². The summed E-state index contributed by atoms with van der Waals surface area (Å²) >= 11 is 0. The molecule has 0 saturated carbocycles. The van der Waals surface area contributed by atoms with Gasteiger partial charge >= 0.3 is 5.82 Å². The van der Waals surface area contributed by atoms with Crippen molar-refractivity contribution in [1.29, 1.82) is 0 Å². The van der Waals surface area contributed by atoms with Crippen LogP contribution in [0.4, 0.5) is 0 Å². The maximum absolute atomic E-state index is 10.3. The van der Waals surface area contributed by atoms with Gasteiger partial charge < -0.3 is 15.8 Å². The first kappa shape index (κ1) is 9.97. The number of aromatic nitrogens is 1. The van der Waals surface area contributed by atoms with Gasteiger partial charge in [0, 0.05) is 18.8 Å². The minimum Gasteiger partial charge on any atom is -0.395 e. The highest BCUT2D eigenvalue weighted by Crippen LogP contribution is 2.03. The molecule has 0 aliphatic heterocycles. The Kier molecular flexibility index (Phi) is 3.01. The zero-order valence-corrected chi connectivity index (χ0v) is 7.38. The van der Waals surface area contributed by atoms with Crippen LogP contribution in [0.2, 0.25) is 0 Å². The van der Waals surface area contributed by atoms with Crippen molar-refractivity contribution in [1.82, 2.24) is 4.98 Å². The molecule has 0 radical (unpaired) electrons. The summed E-state index contributed by atoms with van der Waals surface area (Å²) in [4.78, 5) is 13.4. The Balaban J connectivity index is 2.80. The van der Waals surface area contributed by atoms with E-state index in [1.807, 2.05) is 0 Å². The van der Waals surface area contributed by atoms with E-state index in [-0.39, 0.29) is 12.1 Å². The van der Waals surface area contributed by atoms with Gasteiger partial charge in [-0.1, -0.05) is 6.07 Å². The summed E-state index contributed by atoms with van der Waals surface area (Å²) in [6.07, 6.45) is 3.43. The molecule has 6 heteroatoms. The van der Waals surface area contributed by atoms with E-state index in [0.29, 0.717) is 0 Å². The van der Waals surface area contributed by atoms with E-state index in [9.17, 15) is 10.1 Å². The first-order valence-corrected chi connectivity index (χ1v) is 3.88. The van der Waals surface area contributed by atoms with Crippen molar-refractivity contribution in [3.63, 3.8) is 0 Å². The molecule has 1 rings (SSSR count). The molecule has 0 aromatic carbocycles. The van der Waals surface area contributed by atoms with Crippen LogP contribution in [0.15, 0.2) is 36.0 Å². The van der Waals surface area contributed by atoms with E-state index in [0.717, 1.165) is 5.56 Å². The van der Waals surface area contributed by atoms with Crippen LogP contribution >= 0.6 is 0 Å². The molecule has 0 spiro atoms. The molecule has 1 aromatic rings. The fourth-order valence-corrected chi connectivity index (χ4v) is 0.930. The van der Waals surface area contributed by atoms with Crippen LogP contribution in [-0.4, -0.2) is 9.91 Å². The Morgan fingerprint density at radius 2 is 2.29 bits per heavy atom. The van der Waals surface area contributed by atoms with Crippen molar-refractivity contribution >= 4 is 0 Å².